The van der Waals surface area contributed by atoms with Crippen molar-refractivity contribution in [1.29, 1.82) is 0 Å². The number of ether oxygens (including phenoxy) is 2. The Morgan fingerprint density at radius 1 is 0.952 bits per heavy atom. The van der Waals surface area contributed by atoms with Crippen LogP contribution in [0.2, 0.25) is 0 Å². The maximum absolute atomic E-state index is 11.5. The lowest BCUT2D eigenvalue weighted by Crippen LogP contribution is -2.07. The van der Waals surface area contributed by atoms with Crippen LogP contribution in [-0.4, -0.2) is 19.2 Å². The van der Waals surface area contributed by atoms with Crippen LogP contribution < -0.4 is 0 Å². The Labute approximate surface area is 128 Å². The summed E-state index contributed by atoms with van der Waals surface area (Å²) in [6.07, 6.45) is 7.09. The minimum absolute atomic E-state index is 0.0745. The molecular formula is C18H28O3. The lowest BCUT2D eigenvalue weighted by Gasteiger charge is -2.06. The Morgan fingerprint density at radius 3 is 2.48 bits per heavy atom. The van der Waals surface area contributed by atoms with Crippen molar-refractivity contribution in [2.24, 2.45) is 0 Å². The van der Waals surface area contributed by atoms with Crippen LogP contribution in [0.15, 0.2) is 30.3 Å². The van der Waals surface area contributed by atoms with Crippen LogP contribution in [0.1, 0.15) is 57.4 Å². The number of carbonyl (C=O) groups is 1. The molecule has 0 bridgehead atoms. The van der Waals surface area contributed by atoms with Crippen LogP contribution in [0.3, 0.4) is 0 Å². The van der Waals surface area contributed by atoms with E-state index in [1.165, 1.54) is 24.8 Å². The molecule has 1 aromatic carbocycles. The third-order valence-corrected chi connectivity index (χ3v) is 3.29. The van der Waals surface area contributed by atoms with E-state index in [4.69, 9.17) is 9.47 Å². The Hall–Kier alpha value is -1.35. The fourth-order valence-corrected chi connectivity index (χ4v) is 2.06. The zero-order chi connectivity index (χ0) is 15.2. The van der Waals surface area contributed by atoms with Gasteiger partial charge in [0, 0.05) is 12.8 Å². The Morgan fingerprint density at radius 2 is 1.71 bits per heavy atom. The fourth-order valence-electron chi connectivity index (χ4n) is 2.06. The van der Waals surface area contributed by atoms with E-state index in [1.807, 2.05) is 30.3 Å². The number of benzene rings is 1. The van der Waals surface area contributed by atoms with E-state index in [0.29, 0.717) is 26.2 Å². The molecule has 0 aromatic heterocycles. The van der Waals surface area contributed by atoms with E-state index in [9.17, 15) is 4.79 Å². The molecule has 0 radical (unpaired) electrons. The first-order valence-electron chi connectivity index (χ1n) is 8.10. The highest BCUT2D eigenvalue weighted by atomic mass is 16.5. The van der Waals surface area contributed by atoms with Gasteiger partial charge in [0.2, 0.25) is 0 Å². The van der Waals surface area contributed by atoms with Crippen molar-refractivity contribution in [3.63, 3.8) is 0 Å². The second-order valence-corrected chi connectivity index (χ2v) is 5.28. The number of esters is 1. The van der Waals surface area contributed by atoms with Crippen molar-refractivity contribution >= 4 is 5.97 Å². The normalized spacial score (nSPS) is 10.5. The second-order valence-electron chi connectivity index (χ2n) is 5.28. The molecule has 0 aliphatic heterocycles. The summed E-state index contributed by atoms with van der Waals surface area (Å²) in [5.74, 6) is -0.0745. The summed E-state index contributed by atoms with van der Waals surface area (Å²) < 4.78 is 10.7. The van der Waals surface area contributed by atoms with Crippen LogP contribution in [0.5, 0.6) is 0 Å². The van der Waals surface area contributed by atoms with Gasteiger partial charge in [-0.3, -0.25) is 4.79 Å². The molecule has 0 aliphatic rings. The zero-order valence-corrected chi connectivity index (χ0v) is 13.2. The number of hydrogen-bond acceptors (Lipinski definition) is 3. The van der Waals surface area contributed by atoms with Gasteiger partial charge in [-0.25, -0.2) is 0 Å². The smallest absolute Gasteiger partial charge is 0.305 e. The third-order valence-electron chi connectivity index (χ3n) is 3.29. The predicted molar refractivity (Wildman–Crippen MR) is 85.1 cm³/mol. The first kappa shape index (κ1) is 17.7. The monoisotopic (exact) mass is 292 g/mol. The van der Waals surface area contributed by atoms with E-state index in [-0.39, 0.29) is 5.97 Å². The van der Waals surface area contributed by atoms with E-state index in [2.05, 4.69) is 6.92 Å². The van der Waals surface area contributed by atoms with Crippen LogP contribution in [-0.2, 0) is 20.9 Å². The molecule has 1 aromatic rings. The van der Waals surface area contributed by atoms with Crippen molar-refractivity contribution in [2.75, 3.05) is 13.2 Å². The lowest BCUT2D eigenvalue weighted by molar-refractivity contribution is -0.144. The van der Waals surface area contributed by atoms with Crippen LogP contribution in [0.4, 0.5) is 0 Å². The van der Waals surface area contributed by atoms with Crippen molar-refractivity contribution < 1.29 is 14.3 Å². The molecule has 0 N–H and O–H groups in total. The summed E-state index contributed by atoms with van der Waals surface area (Å²) in [7, 11) is 0. The van der Waals surface area contributed by atoms with Crippen molar-refractivity contribution in [3.05, 3.63) is 35.9 Å². The first-order valence-corrected chi connectivity index (χ1v) is 8.10. The van der Waals surface area contributed by atoms with Crippen LogP contribution >= 0.6 is 0 Å². The number of rotatable bonds is 12. The first-order chi connectivity index (χ1) is 10.3. The van der Waals surface area contributed by atoms with Crippen molar-refractivity contribution in [1.82, 2.24) is 0 Å². The fraction of sp³-hybridized carbons (Fsp3) is 0.611. The summed E-state index contributed by atoms with van der Waals surface area (Å²) in [6, 6.07) is 10.1. The molecule has 0 aliphatic carbocycles. The number of hydrogen-bond donors (Lipinski definition) is 0. The molecule has 0 saturated heterocycles. The molecule has 3 nitrogen and oxygen atoms in total. The van der Waals surface area contributed by atoms with E-state index in [0.717, 1.165) is 19.3 Å². The molecule has 0 spiro atoms. The lowest BCUT2D eigenvalue weighted by atomic mass is 10.1. The van der Waals surface area contributed by atoms with Gasteiger partial charge >= 0.3 is 5.97 Å². The molecule has 118 valence electrons. The minimum Gasteiger partial charge on any atom is -0.466 e. The molecule has 0 unspecified atom stereocenters. The molecule has 0 atom stereocenters. The molecule has 0 saturated carbocycles. The predicted octanol–water partition coefficient (Wildman–Crippen LogP) is 4.50. The van der Waals surface area contributed by atoms with Crippen LogP contribution in [0, 0.1) is 0 Å². The van der Waals surface area contributed by atoms with E-state index in [1.54, 1.807) is 0 Å². The molecule has 1 rings (SSSR count). The Balaban J connectivity index is 1.88. The summed E-state index contributed by atoms with van der Waals surface area (Å²) in [4.78, 5) is 11.5. The quantitative estimate of drug-likeness (QED) is 0.420. The molecular weight excluding hydrogens is 264 g/mol. The van der Waals surface area contributed by atoms with Crippen molar-refractivity contribution in [2.45, 2.75) is 58.5 Å². The highest BCUT2D eigenvalue weighted by Crippen LogP contribution is 2.06. The van der Waals surface area contributed by atoms with Gasteiger partial charge in [0.15, 0.2) is 0 Å². The summed E-state index contributed by atoms with van der Waals surface area (Å²) in [6.45, 7) is 3.89. The summed E-state index contributed by atoms with van der Waals surface area (Å²) in [5.41, 5.74) is 1.17. The van der Waals surface area contributed by atoms with Crippen LogP contribution in [0.25, 0.3) is 0 Å². The van der Waals surface area contributed by atoms with Gasteiger partial charge in [-0.1, -0.05) is 62.9 Å². The molecule has 0 amide bonds. The van der Waals surface area contributed by atoms with Gasteiger partial charge in [-0.15, -0.1) is 0 Å². The Bertz CT molecular complexity index is 362. The van der Waals surface area contributed by atoms with Gasteiger partial charge in [0.1, 0.15) is 0 Å². The van der Waals surface area contributed by atoms with Gasteiger partial charge < -0.3 is 9.47 Å². The largest absolute Gasteiger partial charge is 0.466 e. The van der Waals surface area contributed by atoms with Gasteiger partial charge in [-0.05, 0) is 12.0 Å². The highest BCUT2D eigenvalue weighted by Gasteiger charge is 2.02. The van der Waals surface area contributed by atoms with Crippen molar-refractivity contribution in [3.8, 4) is 0 Å². The van der Waals surface area contributed by atoms with Gasteiger partial charge in [0.05, 0.1) is 19.8 Å². The molecule has 0 heterocycles. The highest BCUT2D eigenvalue weighted by molar-refractivity contribution is 5.69. The van der Waals surface area contributed by atoms with E-state index >= 15 is 0 Å². The number of unbranched alkanes of at least 4 members (excludes halogenated alkanes) is 4. The molecule has 0 fully saturated rings. The molecule has 21 heavy (non-hydrogen) atoms. The van der Waals surface area contributed by atoms with Gasteiger partial charge in [0.25, 0.3) is 0 Å². The molecule has 3 heteroatoms. The topological polar surface area (TPSA) is 35.5 Å². The third kappa shape index (κ3) is 10.1. The zero-order valence-electron chi connectivity index (χ0n) is 13.2. The van der Waals surface area contributed by atoms with Gasteiger partial charge in [-0.2, -0.15) is 0 Å². The maximum atomic E-state index is 11.5. The number of carbonyl (C=O) groups excluding carboxylic acids is 1. The Kier molecular flexibility index (Phi) is 10.4. The maximum Gasteiger partial charge on any atom is 0.305 e. The van der Waals surface area contributed by atoms with E-state index < -0.39 is 0 Å². The second kappa shape index (κ2) is 12.4. The minimum atomic E-state index is -0.0745. The SMILES string of the molecule is CCCCCCCC(=O)OCCCOCc1ccccc1. The standard InChI is InChI=1S/C18H28O3/c1-2-3-4-5-9-13-18(19)21-15-10-14-20-16-17-11-7-6-8-12-17/h6-8,11-12H,2-5,9-10,13-16H2,1H3. The average Bonchev–Trinajstić information content (AvgIpc) is 2.51. The summed E-state index contributed by atoms with van der Waals surface area (Å²) >= 11 is 0. The summed E-state index contributed by atoms with van der Waals surface area (Å²) in [5, 5.41) is 0. The average molecular weight is 292 g/mol.